The quantitative estimate of drug-likeness (QED) is 0.592. The van der Waals surface area contributed by atoms with Crippen LogP contribution in [0.2, 0.25) is 0 Å². The van der Waals surface area contributed by atoms with E-state index in [4.69, 9.17) is 0 Å². The Morgan fingerprint density at radius 1 is 0.971 bits per heavy atom. The van der Waals surface area contributed by atoms with Gasteiger partial charge in [0.15, 0.2) is 0 Å². The van der Waals surface area contributed by atoms with Crippen LogP contribution >= 0.6 is 0 Å². The molecule has 34 heavy (non-hydrogen) atoms. The topological polar surface area (TPSA) is 70.4 Å². The van der Waals surface area contributed by atoms with Gasteiger partial charge in [-0.1, -0.05) is 0 Å². The van der Waals surface area contributed by atoms with E-state index in [9.17, 15) is 13.6 Å². The number of aryl methyl sites for hydroxylation is 1. The summed E-state index contributed by atoms with van der Waals surface area (Å²) in [6, 6.07) is 5.16. The first-order chi connectivity index (χ1) is 16.4. The number of rotatable bonds is 3. The van der Waals surface area contributed by atoms with Gasteiger partial charge in [0.05, 0.1) is 17.2 Å². The molecule has 0 unspecified atom stereocenters. The first kappa shape index (κ1) is 21.2. The SMILES string of the molecule is Cc1cn(-c2cc(N3CCC4(CC3)CN3CC[C@@H](c5cc(F)cc(F)c5)N3C4=O)ncn2)cn1. The van der Waals surface area contributed by atoms with Crippen molar-refractivity contribution in [1.82, 2.24) is 29.5 Å². The summed E-state index contributed by atoms with van der Waals surface area (Å²) in [6.07, 6.45) is 7.27. The van der Waals surface area contributed by atoms with Crippen molar-refractivity contribution >= 4 is 11.7 Å². The maximum absolute atomic E-state index is 13.8. The Morgan fingerprint density at radius 2 is 1.71 bits per heavy atom. The summed E-state index contributed by atoms with van der Waals surface area (Å²) in [6.45, 7) is 4.69. The van der Waals surface area contributed by atoms with Crippen LogP contribution in [0.25, 0.3) is 5.82 Å². The summed E-state index contributed by atoms with van der Waals surface area (Å²) in [5.74, 6) is 0.415. The summed E-state index contributed by atoms with van der Waals surface area (Å²) in [4.78, 5) is 28.9. The molecule has 2 aromatic heterocycles. The number of hydrazine groups is 1. The van der Waals surface area contributed by atoms with Crippen LogP contribution in [-0.4, -0.2) is 61.6 Å². The Bertz CT molecular complexity index is 1230. The predicted octanol–water partition coefficient (Wildman–Crippen LogP) is 3.04. The fourth-order valence-corrected chi connectivity index (χ4v) is 5.59. The fraction of sp³-hybridized carbons (Fsp3) is 0.417. The van der Waals surface area contributed by atoms with Crippen molar-refractivity contribution in [3.05, 3.63) is 66.0 Å². The Labute approximate surface area is 195 Å². The lowest BCUT2D eigenvalue weighted by atomic mass is 9.77. The number of nitrogens with zero attached hydrogens (tertiary/aromatic N) is 7. The van der Waals surface area contributed by atoms with E-state index in [-0.39, 0.29) is 11.9 Å². The molecule has 0 aliphatic carbocycles. The number of hydrogen-bond donors (Lipinski definition) is 0. The zero-order valence-corrected chi connectivity index (χ0v) is 18.9. The summed E-state index contributed by atoms with van der Waals surface area (Å²) in [5.41, 5.74) is 0.957. The molecule has 3 aromatic rings. The van der Waals surface area contributed by atoms with Crippen LogP contribution in [0.3, 0.4) is 0 Å². The van der Waals surface area contributed by atoms with Gasteiger partial charge in [-0.05, 0) is 43.9 Å². The van der Waals surface area contributed by atoms with Crippen LogP contribution in [0.1, 0.15) is 36.6 Å². The van der Waals surface area contributed by atoms with E-state index in [2.05, 4.69) is 24.9 Å². The van der Waals surface area contributed by atoms with Crippen LogP contribution < -0.4 is 4.90 Å². The number of halogens is 2. The second-order valence-electron chi connectivity index (χ2n) is 9.47. The largest absolute Gasteiger partial charge is 0.356 e. The van der Waals surface area contributed by atoms with Crippen LogP contribution in [-0.2, 0) is 4.79 Å². The molecule has 176 valence electrons. The molecule has 10 heteroatoms. The van der Waals surface area contributed by atoms with Gasteiger partial charge in [-0.3, -0.25) is 14.4 Å². The lowest BCUT2D eigenvalue weighted by Crippen LogP contribution is -2.46. The van der Waals surface area contributed by atoms with Crippen molar-refractivity contribution in [2.24, 2.45) is 5.41 Å². The van der Waals surface area contributed by atoms with Crippen molar-refractivity contribution in [3.63, 3.8) is 0 Å². The average Bonchev–Trinajstić information content (AvgIpc) is 3.50. The van der Waals surface area contributed by atoms with E-state index >= 15 is 0 Å². The monoisotopic (exact) mass is 465 g/mol. The lowest BCUT2D eigenvalue weighted by Gasteiger charge is -2.38. The zero-order valence-electron chi connectivity index (χ0n) is 18.9. The highest BCUT2D eigenvalue weighted by molar-refractivity contribution is 5.85. The van der Waals surface area contributed by atoms with Crippen LogP contribution in [0.5, 0.6) is 0 Å². The molecule has 3 fully saturated rings. The highest BCUT2D eigenvalue weighted by Gasteiger charge is 2.56. The van der Waals surface area contributed by atoms with Gasteiger partial charge in [0.25, 0.3) is 0 Å². The second kappa shape index (κ2) is 7.83. The lowest BCUT2D eigenvalue weighted by molar-refractivity contribution is -0.143. The number of imidazole rings is 1. The normalized spacial score (nSPS) is 22.1. The summed E-state index contributed by atoms with van der Waals surface area (Å²) in [7, 11) is 0. The molecule has 0 bridgehead atoms. The molecule has 8 nitrogen and oxygen atoms in total. The van der Waals surface area contributed by atoms with Gasteiger partial charge in [-0.15, -0.1) is 0 Å². The number of piperidine rings is 1. The Hall–Kier alpha value is -3.40. The molecule has 3 aliphatic heterocycles. The van der Waals surface area contributed by atoms with E-state index in [1.807, 2.05) is 23.8 Å². The van der Waals surface area contributed by atoms with E-state index in [1.165, 1.54) is 12.1 Å². The third kappa shape index (κ3) is 3.44. The number of benzene rings is 1. The first-order valence-electron chi connectivity index (χ1n) is 11.5. The molecular weight excluding hydrogens is 440 g/mol. The van der Waals surface area contributed by atoms with E-state index < -0.39 is 17.0 Å². The number of fused-ring (bicyclic) bond motifs is 1. The fourth-order valence-electron chi connectivity index (χ4n) is 5.59. The van der Waals surface area contributed by atoms with Crippen LogP contribution in [0, 0.1) is 24.0 Å². The number of aromatic nitrogens is 4. The van der Waals surface area contributed by atoms with Gasteiger partial charge in [0, 0.05) is 44.5 Å². The molecule has 1 atom stereocenters. The smallest absolute Gasteiger partial charge is 0.245 e. The van der Waals surface area contributed by atoms with E-state index in [1.54, 1.807) is 17.7 Å². The van der Waals surface area contributed by atoms with Gasteiger partial charge in [-0.2, -0.15) is 0 Å². The van der Waals surface area contributed by atoms with Gasteiger partial charge in [0.1, 0.15) is 35.9 Å². The number of anilines is 1. The van der Waals surface area contributed by atoms with E-state index in [0.717, 1.165) is 23.4 Å². The maximum Gasteiger partial charge on any atom is 0.245 e. The third-order valence-electron chi connectivity index (χ3n) is 7.34. The third-order valence-corrected chi connectivity index (χ3v) is 7.34. The van der Waals surface area contributed by atoms with Gasteiger partial charge in [-0.25, -0.2) is 28.7 Å². The molecule has 1 spiro atoms. The average molecular weight is 466 g/mol. The Kier molecular flexibility index (Phi) is 4.87. The minimum absolute atomic E-state index is 0.0663. The maximum atomic E-state index is 13.8. The summed E-state index contributed by atoms with van der Waals surface area (Å²) >= 11 is 0. The first-order valence-corrected chi connectivity index (χ1v) is 11.5. The van der Waals surface area contributed by atoms with Crippen LogP contribution in [0.4, 0.5) is 14.6 Å². The molecule has 5 heterocycles. The number of carbonyl (C=O) groups is 1. The molecule has 3 aliphatic rings. The van der Waals surface area contributed by atoms with Crippen molar-refractivity contribution in [1.29, 1.82) is 0 Å². The van der Waals surface area contributed by atoms with Gasteiger partial charge >= 0.3 is 0 Å². The van der Waals surface area contributed by atoms with Crippen molar-refractivity contribution in [2.45, 2.75) is 32.2 Å². The number of amides is 1. The second-order valence-corrected chi connectivity index (χ2v) is 9.47. The van der Waals surface area contributed by atoms with Crippen molar-refractivity contribution < 1.29 is 13.6 Å². The number of hydrogen-bond acceptors (Lipinski definition) is 6. The molecule has 6 rings (SSSR count). The molecule has 1 aromatic carbocycles. The standard InChI is InChI=1S/C24H25F2N7O/c1-16-12-31(15-29-16)22-11-21(27-14-28-22)30-6-3-24(4-7-30)13-32-5-2-20(33(32)23(24)34)17-8-18(25)10-19(26)9-17/h8-12,14-15,20H,2-7,13H2,1H3/t20-/m0/s1. The Balaban J connectivity index is 1.19. The molecule has 0 saturated carbocycles. The van der Waals surface area contributed by atoms with Gasteiger partial charge in [0.2, 0.25) is 5.91 Å². The molecule has 0 radical (unpaired) electrons. The van der Waals surface area contributed by atoms with E-state index in [0.29, 0.717) is 51.0 Å². The molecule has 3 saturated heterocycles. The molecular formula is C24H25F2N7O. The number of carbonyl (C=O) groups excluding carboxylic acids is 1. The minimum atomic E-state index is -0.613. The van der Waals surface area contributed by atoms with Crippen molar-refractivity contribution in [3.8, 4) is 5.82 Å². The summed E-state index contributed by atoms with van der Waals surface area (Å²) in [5, 5.41) is 3.82. The molecule has 0 N–H and O–H groups in total. The highest BCUT2D eigenvalue weighted by Crippen LogP contribution is 2.47. The zero-order chi connectivity index (χ0) is 23.4. The van der Waals surface area contributed by atoms with Gasteiger partial charge < -0.3 is 4.90 Å². The molecule has 1 amide bonds. The highest BCUT2D eigenvalue weighted by atomic mass is 19.1. The predicted molar refractivity (Wildman–Crippen MR) is 120 cm³/mol. The Morgan fingerprint density at radius 3 is 2.41 bits per heavy atom. The summed E-state index contributed by atoms with van der Waals surface area (Å²) < 4.78 is 29.5. The van der Waals surface area contributed by atoms with Crippen LogP contribution in [0.15, 0.2) is 43.1 Å². The minimum Gasteiger partial charge on any atom is -0.356 e. The van der Waals surface area contributed by atoms with Crippen molar-refractivity contribution in [2.75, 3.05) is 31.1 Å².